The number of carbonyl (C=O) groups excluding carboxylic acids is 2. The Labute approximate surface area is 275 Å². The Hall–Kier alpha value is -3.46. The fourth-order valence-corrected chi connectivity index (χ4v) is 7.78. The highest BCUT2D eigenvalue weighted by molar-refractivity contribution is 6.42. The average molecular weight is 655 g/mol. The van der Waals surface area contributed by atoms with Gasteiger partial charge in [0.25, 0.3) is 5.91 Å². The molecule has 2 saturated heterocycles. The maximum atomic E-state index is 13.7. The minimum absolute atomic E-state index is 0.0734. The van der Waals surface area contributed by atoms with Gasteiger partial charge in [-0.05, 0) is 67.1 Å². The molecule has 3 aromatic rings. The summed E-state index contributed by atoms with van der Waals surface area (Å²) in [5.74, 6) is 0.935. The van der Waals surface area contributed by atoms with Crippen LogP contribution in [0.4, 0.5) is 0 Å². The summed E-state index contributed by atoms with van der Waals surface area (Å²) in [6.45, 7) is 4.78. The van der Waals surface area contributed by atoms with Gasteiger partial charge in [-0.3, -0.25) is 14.5 Å². The number of hydrogen-bond acceptors (Lipinski definition) is 6. The molecule has 2 aliphatic rings. The maximum Gasteiger partial charge on any atom is 0.254 e. The molecular formula is C35H41Cl2N3O5. The minimum Gasteiger partial charge on any atom is -0.493 e. The van der Waals surface area contributed by atoms with E-state index in [-0.39, 0.29) is 29.7 Å². The Balaban J connectivity index is 1.42. The predicted octanol–water partition coefficient (Wildman–Crippen LogP) is 6.17. The molecule has 0 saturated carbocycles. The number of nitrogens with two attached hydrogens (primary N) is 1. The second-order valence-electron chi connectivity index (χ2n) is 11.9. The number of halogens is 2. The molecule has 2 N–H and O–H groups in total. The van der Waals surface area contributed by atoms with Crippen LogP contribution >= 0.6 is 23.2 Å². The van der Waals surface area contributed by atoms with Crippen molar-refractivity contribution in [2.45, 2.75) is 43.6 Å². The topological polar surface area (TPSA) is 94.3 Å². The van der Waals surface area contributed by atoms with Gasteiger partial charge in [-0.1, -0.05) is 66.5 Å². The first kappa shape index (κ1) is 32.9. The van der Waals surface area contributed by atoms with Gasteiger partial charge >= 0.3 is 0 Å². The van der Waals surface area contributed by atoms with Crippen LogP contribution in [-0.2, 0) is 10.2 Å². The first-order valence-corrected chi connectivity index (χ1v) is 16.1. The van der Waals surface area contributed by atoms with Crippen LogP contribution in [0.15, 0.2) is 60.7 Å². The molecule has 4 unspecified atom stereocenters. The van der Waals surface area contributed by atoms with Gasteiger partial charge in [-0.25, -0.2) is 0 Å². The molecule has 0 bridgehead atoms. The van der Waals surface area contributed by atoms with Crippen LogP contribution < -0.4 is 19.9 Å². The molecule has 0 radical (unpaired) electrons. The highest BCUT2D eigenvalue weighted by Gasteiger charge is 2.51. The molecule has 4 atom stereocenters. The van der Waals surface area contributed by atoms with Gasteiger partial charge in [0.15, 0.2) is 11.5 Å². The number of primary amides is 1. The molecule has 0 spiro atoms. The number of hydrogen-bond donors (Lipinski definition) is 1. The van der Waals surface area contributed by atoms with Crippen LogP contribution in [0.2, 0.25) is 10.0 Å². The Kier molecular flexibility index (Phi) is 10.2. The fraction of sp³-hybridized carbons (Fsp3) is 0.429. The standard InChI is InChI=1S/C35H41Cl2N3O5/c1-5-29(23-13-15-40(20-23)33(41)24-18-30(43-2)32(45-4)31(19-24)44-3)39-16-14-35(34(38)42,25-9-7-6-8-10-25)26(21-39)22-11-12-27(36)28(37)17-22/h6-12,17-19,23,26,29H,5,13-16,20-21H2,1-4H3,(H2,38,42). The molecule has 2 amide bonds. The van der Waals surface area contributed by atoms with Crippen molar-refractivity contribution in [2.75, 3.05) is 47.5 Å². The van der Waals surface area contributed by atoms with Gasteiger partial charge in [0.05, 0.1) is 36.8 Å². The number of amides is 2. The monoisotopic (exact) mass is 653 g/mol. The number of carbonyl (C=O) groups is 2. The van der Waals surface area contributed by atoms with Gasteiger partial charge in [-0.15, -0.1) is 0 Å². The number of nitrogens with zero attached hydrogens (tertiary/aromatic N) is 2. The Morgan fingerprint density at radius 2 is 1.62 bits per heavy atom. The van der Waals surface area contributed by atoms with E-state index in [0.29, 0.717) is 65.5 Å². The lowest BCUT2D eigenvalue weighted by Gasteiger charge is -2.49. The number of methoxy groups -OCH3 is 3. The normalized spacial score (nSPS) is 22.6. The van der Waals surface area contributed by atoms with E-state index in [2.05, 4.69) is 11.8 Å². The van der Waals surface area contributed by atoms with Crippen molar-refractivity contribution in [2.24, 2.45) is 11.7 Å². The van der Waals surface area contributed by atoms with E-state index in [4.69, 9.17) is 43.1 Å². The zero-order valence-electron chi connectivity index (χ0n) is 26.2. The Morgan fingerprint density at radius 1 is 0.933 bits per heavy atom. The van der Waals surface area contributed by atoms with Crippen LogP contribution in [0, 0.1) is 5.92 Å². The highest BCUT2D eigenvalue weighted by atomic mass is 35.5. The van der Waals surface area contributed by atoms with Gasteiger partial charge in [-0.2, -0.15) is 0 Å². The number of ether oxygens (including phenoxy) is 3. The van der Waals surface area contributed by atoms with E-state index in [1.165, 1.54) is 21.3 Å². The molecular weight excluding hydrogens is 613 g/mol. The average Bonchev–Trinajstić information content (AvgIpc) is 3.55. The first-order valence-electron chi connectivity index (χ1n) is 15.3. The third-order valence-corrected chi connectivity index (χ3v) is 10.5. The number of rotatable bonds is 10. The van der Waals surface area contributed by atoms with Gasteiger partial charge in [0.1, 0.15) is 0 Å². The van der Waals surface area contributed by atoms with Crippen LogP contribution in [0.1, 0.15) is 53.6 Å². The maximum absolute atomic E-state index is 13.7. The molecule has 10 heteroatoms. The smallest absolute Gasteiger partial charge is 0.254 e. The molecule has 8 nitrogen and oxygen atoms in total. The van der Waals surface area contributed by atoms with Crippen LogP contribution in [-0.4, -0.2) is 75.2 Å². The molecule has 3 aromatic carbocycles. The van der Waals surface area contributed by atoms with E-state index in [1.807, 2.05) is 47.4 Å². The molecule has 45 heavy (non-hydrogen) atoms. The van der Waals surface area contributed by atoms with E-state index in [9.17, 15) is 9.59 Å². The molecule has 0 aromatic heterocycles. The van der Waals surface area contributed by atoms with Crippen LogP contribution in [0.25, 0.3) is 0 Å². The minimum atomic E-state index is -0.905. The van der Waals surface area contributed by atoms with Crippen LogP contribution in [0.5, 0.6) is 17.2 Å². The molecule has 2 aliphatic heterocycles. The third kappa shape index (κ3) is 6.20. The van der Waals surface area contributed by atoms with Gasteiger partial charge in [0, 0.05) is 37.2 Å². The quantitative estimate of drug-likeness (QED) is 0.281. The van der Waals surface area contributed by atoms with E-state index >= 15 is 0 Å². The Morgan fingerprint density at radius 3 is 2.20 bits per heavy atom. The number of piperidine rings is 1. The third-order valence-electron chi connectivity index (χ3n) is 9.73. The number of benzene rings is 3. The highest BCUT2D eigenvalue weighted by Crippen LogP contribution is 2.48. The lowest BCUT2D eigenvalue weighted by molar-refractivity contribution is -0.126. The fourth-order valence-electron chi connectivity index (χ4n) is 7.48. The van der Waals surface area contributed by atoms with Crippen molar-refractivity contribution < 1.29 is 23.8 Å². The lowest BCUT2D eigenvalue weighted by Crippen LogP contribution is -2.58. The van der Waals surface area contributed by atoms with Crippen molar-refractivity contribution in [1.29, 1.82) is 0 Å². The summed E-state index contributed by atoms with van der Waals surface area (Å²) in [6.07, 6.45) is 2.34. The Bertz CT molecular complexity index is 1510. The zero-order valence-corrected chi connectivity index (χ0v) is 27.7. The van der Waals surface area contributed by atoms with E-state index in [1.54, 1.807) is 18.2 Å². The molecule has 0 aliphatic carbocycles. The van der Waals surface area contributed by atoms with Crippen molar-refractivity contribution in [3.8, 4) is 17.2 Å². The van der Waals surface area contributed by atoms with Crippen molar-refractivity contribution >= 4 is 35.0 Å². The summed E-state index contributed by atoms with van der Waals surface area (Å²) in [6, 6.07) is 19.0. The summed E-state index contributed by atoms with van der Waals surface area (Å²) in [5, 5.41) is 0.910. The van der Waals surface area contributed by atoms with Gasteiger partial charge in [0.2, 0.25) is 11.7 Å². The van der Waals surface area contributed by atoms with Crippen molar-refractivity contribution in [3.05, 3.63) is 87.4 Å². The molecule has 5 rings (SSSR count). The SMILES string of the molecule is CCC(C1CCN(C(=O)c2cc(OC)c(OC)c(OC)c2)C1)N1CCC(C(N)=O)(c2ccccc2)C(c2ccc(Cl)c(Cl)c2)C1. The molecule has 240 valence electrons. The van der Waals surface area contributed by atoms with Crippen molar-refractivity contribution in [1.82, 2.24) is 9.80 Å². The first-order chi connectivity index (χ1) is 21.7. The number of likely N-dealkylation sites (tertiary alicyclic amines) is 2. The molecule has 2 fully saturated rings. The largest absolute Gasteiger partial charge is 0.493 e. The summed E-state index contributed by atoms with van der Waals surface area (Å²) in [7, 11) is 4.62. The van der Waals surface area contributed by atoms with E-state index < -0.39 is 5.41 Å². The van der Waals surface area contributed by atoms with Crippen LogP contribution in [0.3, 0.4) is 0 Å². The summed E-state index contributed by atoms with van der Waals surface area (Å²) < 4.78 is 16.4. The zero-order chi connectivity index (χ0) is 32.3. The second-order valence-corrected chi connectivity index (χ2v) is 12.7. The second kappa shape index (κ2) is 13.9. The lowest BCUT2D eigenvalue weighted by atomic mass is 9.62. The van der Waals surface area contributed by atoms with Gasteiger partial charge < -0.3 is 24.8 Å². The summed E-state index contributed by atoms with van der Waals surface area (Å²) >= 11 is 12.8. The molecule has 2 heterocycles. The summed E-state index contributed by atoms with van der Waals surface area (Å²) in [4.78, 5) is 31.6. The predicted molar refractivity (Wildman–Crippen MR) is 177 cm³/mol. The van der Waals surface area contributed by atoms with E-state index in [0.717, 1.165) is 24.0 Å². The van der Waals surface area contributed by atoms with Crippen molar-refractivity contribution in [3.63, 3.8) is 0 Å². The summed E-state index contributed by atoms with van der Waals surface area (Å²) in [5.41, 5.74) is 7.71.